The Bertz CT molecular complexity index is 1280. The summed E-state index contributed by atoms with van der Waals surface area (Å²) in [7, 11) is 0. The van der Waals surface area contributed by atoms with Crippen molar-refractivity contribution in [2.45, 2.75) is 162 Å². The molecule has 2 aromatic carbocycles. The van der Waals surface area contributed by atoms with Crippen LogP contribution in [0, 0.1) is 31.1 Å². The Morgan fingerprint density at radius 2 is 1.44 bits per heavy atom. The van der Waals surface area contributed by atoms with Crippen LogP contribution in [0.4, 0.5) is 13.2 Å². The molecule has 1 aliphatic carbocycles. The van der Waals surface area contributed by atoms with Gasteiger partial charge in [-0.15, -0.1) is 11.6 Å². The van der Waals surface area contributed by atoms with E-state index in [2.05, 4.69) is 83.7 Å². The Hall–Kier alpha value is -1.84. The van der Waals surface area contributed by atoms with Crippen LogP contribution in [0.2, 0.25) is 5.31 Å². The summed E-state index contributed by atoms with van der Waals surface area (Å²) in [6.07, 6.45) is 5.11. The van der Waals surface area contributed by atoms with Gasteiger partial charge in [0, 0.05) is 27.3 Å². The number of hydrogen-bond acceptors (Lipinski definition) is 2. The van der Waals surface area contributed by atoms with E-state index in [1.165, 1.54) is 54.2 Å². The average Bonchev–Trinajstić information content (AvgIpc) is 2.97. The maximum Gasteiger partial charge on any atom is 0.404 e. The smallest absolute Gasteiger partial charge is 0.404 e. The van der Waals surface area contributed by atoms with E-state index in [1.807, 2.05) is 33.8 Å². The van der Waals surface area contributed by atoms with Crippen LogP contribution < -0.4 is 0 Å². The van der Waals surface area contributed by atoms with Gasteiger partial charge in [-0.3, -0.25) is 0 Å². The molecule has 2 fully saturated rings. The van der Waals surface area contributed by atoms with Crippen LogP contribution in [0.15, 0.2) is 41.3 Å². The van der Waals surface area contributed by atoms with Crippen LogP contribution in [-0.4, -0.2) is 18.5 Å². The van der Waals surface area contributed by atoms with E-state index in [-0.39, 0.29) is 29.4 Å². The third kappa shape index (κ3) is 9.16. The lowest BCUT2D eigenvalue weighted by Crippen LogP contribution is -2.51. The lowest BCUT2D eigenvalue weighted by Gasteiger charge is -2.47. The van der Waals surface area contributed by atoms with Gasteiger partial charge in [0.15, 0.2) is 0 Å². The molecule has 0 spiro atoms. The molecule has 0 radical (unpaired) electrons. The number of benzene rings is 2. The number of rotatable bonds is 9. The van der Waals surface area contributed by atoms with Gasteiger partial charge in [0.2, 0.25) is 0 Å². The van der Waals surface area contributed by atoms with Crippen molar-refractivity contribution in [3.8, 4) is 11.8 Å². The molecule has 1 saturated heterocycles. The fraction of sp³-hybridized carbons (Fsp3) is 0.641. The van der Waals surface area contributed by atoms with Crippen LogP contribution >= 0.6 is 11.6 Å². The van der Waals surface area contributed by atoms with Crippen molar-refractivity contribution in [1.82, 2.24) is 0 Å². The van der Waals surface area contributed by atoms with E-state index >= 15 is 0 Å². The zero-order valence-corrected chi connectivity index (χ0v) is 30.7. The molecule has 2 atom stereocenters. The Morgan fingerprint density at radius 3 is 1.84 bits per heavy atom. The number of unbranched alkanes of at least 4 members (excludes halogenated alkanes) is 1. The second-order valence-electron chi connectivity index (χ2n) is 13.4. The van der Waals surface area contributed by atoms with Crippen molar-refractivity contribution in [3.05, 3.63) is 64.2 Å². The van der Waals surface area contributed by atoms with E-state index in [9.17, 15) is 13.2 Å². The zero-order valence-electron chi connectivity index (χ0n) is 29.9. The molecule has 1 heterocycles. The van der Waals surface area contributed by atoms with E-state index in [0.29, 0.717) is 18.4 Å². The molecule has 4 rings (SSSR count). The third-order valence-electron chi connectivity index (χ3n) is 10.1. The standard InChI is InChI=1S/C33H44BF3OS.C4H8.C2H6/c1-10-13-19-31(9,33(35,36)37)20-18-26-14-15-27(21-23(26)4)32(11-2,12-3)28-16-17-29(24(5)22-28)39-34-30(7,8)25(6)38-34;1-2-4-3-1;1-2/h14-17,21-22,25H,10-13,19H2,1-9H3;1-4H2;1-2H3. The van der Waals surface area contributed by atoms with Gasteiger partial charge in [0.05, 0.1) is 0 Å². The first-order valence-electron chi connectivity index (χ1n) is 17.3. The Balaban J connectivity index is 0.00000107. The van der Waals surface area contributed by atoms with Gasteiger partial charge < -0.3 is 4.65 Å². The number of aryl methyl sites for hydroxylation is 2. The van der Waals surface area contributed by atoms with Crippen LogP contribution in [0.1, 0.15) is 148 Å². The van der Waals surface area contributed by atoms with Crippen molar-refractivity contribution in [1.29, 1.82) is 0 Å². The maximum absolute atomic E-state index is 13.8. The summed E-state index contributed by atoms with van der Waals surface area (Å²) < 4.78 is 47.5. The normalized spacial score (nSPS) is 18.4. The fourth-order valence-electron chi connectivity index (χ4n) is 5.63. The van der Waals surface area contributed by atoms with Gasteiger partial charge in [-0.1, -0.05) is 123 Å². The molecule has 0 N–H and O–H groups in total. The average molecular weight is 643 g/mol. The van der Waals surface area contributed by atoms with Crippen molar-refractivity contribution < 1.29 is 17.8 Å². The molecular weight excluding hydrogens is 584 g/mol. The highest BCUT2D eigenvalue weighted by Crippen LogP contribution is 2.52. The Labute approximate surface area is 278 Å². The van der Waals surface area contributed by atoms with Gasteiger partial charge in [0.1, 0.15) is 5.41 Å². The minimum Gasteiger partial charge on any atom is -0.423 e. The van der Waals surface area contributed by atoms with Gasteiger partial charge in [-0.25, -0.2) is 0 Å². The van der Waals surface area contributed by atoms with Crippen molar-refractivity contribution in [2.75, 3.05) is 0 Å². The lowest BCUT2D eigenvalue weighted by molar-refractivity contribution is -0.198. The van der Waals surface area contributed by atoms with E-state index < -0.39 is 11.6 Å². The van der Waals surface area contributed by atoms with Crippen LogP contribution in [0.3, 0.4) is 0 Å². The maximum atomic E-state index is 13.8. The first-order valence-corrected chi connectivity index (χ1v) is 18.2. The molecule has 0 aromatic heterocycles. The quantitative estimate of drug-likeness (QED) is 0.199. The molecule has 2 aromatic rings. The van der Waals surface area contributed by atoms with Gasteiger partial charge in [0.25, 0.3) is 0 Å². The SMILES string of the molecule is C1CCC1.CC.CCCCC(C)(C#Cc1ccc(C(CC)(CC)c2ccc(SB3OC(C)C3(C)C)c(C)c2)cc1C)C(F)(F)F. The first-order chi connectivity index (χ1) is 21.1. The summed E-state index contributed by atoms with van der Waals surface area (Å²) in [6, 6.07) is 12.9. The van der Waals surface area contributed by atoms with Crippen molar-refractivity contribution in [3.63, 3.8) is 0 Å². The molecule has 1 nitrogen and oxygen atoms in total. The van der Waals surface area contributed by atoms with Crippen molar-refractivity contribution in [2.24, 2.45) is 5.41 Å². The molecule has 0 bridgehead atoms. The molecule has 6 heteroatoms. The van der Waals surface area contributed by atoms with Gasteiger partial charge in [-0.2, -0.15) is 13.2 Å². The summed E-state index contributed by atoms with van der Waals surface area (Å²) in [5.74, 6) is 5.50. The minimum atomic E-state index is -4.36. The van der Waals surface area contributed by atoms with Gasteiger partial charge >= 0.3 is 12.4 Å². The second kappa shape index (κ2) is 16.8. The largest absolute Gasteiger partial charge is 0.423 e. The molecule has 1 aliphatic heterocycles. The predicted molar refractivity (Wildman–Crippen MR) is 190 cm³/mol. The highest BCUT2D eigenvalue weighted by molar-refractivity contribution is 8.25. The van der Waals surface area contributed by atoms with Crippen LogP contribution in [-0.2, 0) is 10.1 Å². The molecule has 0 amide bonds. The minimum absolute atomic E-state index is 0.0168. The monoisotopic (exact) mass is 642 g/mol. The molecule has 2 aliphatic rings. The highest BCUT2D eigenvalue weighted by Gasteiger charge is 2.52. The second-order valence-corrected chi connectivity index (χ2v) is 14.5. The van der Waals surface area contributed by atoms with Crippen LogP contribution in [0.5, 0.6) is 0 Å². The lowest BCUT2D eigenvalue weighted by atomic mass is 9.55. The molecule has 250 valence electrons. The highest BCUT2D eigenvalue weighted by atomic mass is 32.2. The first kappa shape index (κ1) is 39.3. The number of alkyl halides is 3. The Kier molecular flexibility index (Phi) is 14.7. The van der Waals surface area contributed by atoms with Crippen molar-refractivity contribution >= 4 is 17.8 Å². The number of halogens is 3. The summed E-state index contributed by atoms with van der Waals surface area (Å²) in [5, 5.41) is 0.141. The third-order valence-corrected chi connectivity index (χ3v) is 11.7. The predicted octanol–water partition coefficient (Wildman–Crippen LogP) is 12.9. The fourth-order valence-corrected chi connectivity index (χ4v) is 6.96. The molecular formula is C39H58BF3OS. The molecule has 2 unspecified atom stereocenters. The summed E-state index contributed by atoms with van der Waals surface area (Å²) in [5.41, 5.74) is 3.06. The Morgan fingerprint density at radius 1 is 0.911 bits per heavy atom. The summed E-state index contributed by atoms with van der Waals surface area (Å²) in [4.78, 5) is 1.24. The topological polar surface area (TPSA) is 9.23 Å². The van der Waals surface area contributed by atoms with Crippen LogP contribution in [0.25, 0.3) is 0 Å². The van der Waals surface area contributed by atoms with E-state index in [1.54, 1.807) is 11.6 Å². The number of hydrogen-bond donors (Lipinski definition) is 0. The van der Waals surface area contributed by atoms with E-state index in [4.69, 9.17) is 4.65 Å². The molecule has 45 heavy (non-hydrogen) atoms. The van der Waals surface area contributed by atoms with E-state index in [0.717, 1.165) is 18.4 Å². The molecule has 1 saturated carbocycles. The summed E-state index contributed by atoms with van der Waals surface area (Å²) in [6.45, 7) is 22.3. The van der Waals surface area contributed by atoms with Gasteiger partial charge in [-0.05, 0) is 81.3 Å². The zero-order chi connectivity index (χ0) is 34.1. The summed E-state index contributed by atoms with van der Waals surface area (Å²) >= 11 is 1.80.